The van der Waals surface area contributed by atoms with Crippen molar-refractivity contribution >= 4 is 11.7 Å². The number of carbonyl (C=O) groups excluding carboxylic acids is 2. The van der Waals surface area contributed by atoms with Crippen molar-refractivity contribution in [1.29, 1.82) is 0 Å². The first-order chi connectivity index (χ1) is 14.2. The first-order valence-corrected chi connectivity index (χ1v) is 9.43. The molecule has 0 aromatic carbocycles. The standard InChI is InChI=1S/C21H25F2N3O4/c1-12(2)17(27)9-16-8-15(7-13(3)25-16)20(28)24-10-14-5-6-19(26-21(14)29-4)30-11-18(22)23/h5-8,12,18H,9-11H2,1-4H3,(H,24,28). The van der Waals surface area contributed by atoms with Crippen LogP contribution in [0.3, 0.4) is 0 Å². The molecule has 2 aromatic heterocycles. The van der Waals surface area contributed by atoms with Gasteiger partial charge in [0.2, 0.25) is 11.8 Å². The van der Waals surface area contributed by atoms with Gasteiger partial charge in [0.05, 0.1) is 7.11 Å². The smallest absolute Gasteiger partial charge is 0.272 e. The molecule has 2 aromatic rings. The number of methoxy groups -OCH3 is 1. The van der Waals surface area contributed by atoms with Crippen molar-refractivity contribution < 1.29 is 27.8 Å². The number of nitrogens with zero attached hydrogens (tertiary/aromatic N) is 2. The van der Waals surface area contributed by atoms with E-state index in [1.54, 1.807) is 25.1 Å². The number of aryl methyl sites for hydroxylation is 1. The molecule has 0 fully saturated rings. The number of hydrogen-bond acceptors (Lipinski definition) is 6. The summed E-state index contributed by atoms with van der Waals surface area (Å²) in [5.74, 6) is -0.247. The second-order valence-corrected chi connectivity index (χ2v) is 6.99. The van der Waals surface area contributed by atoms with Crippen LogP contribution in [0.1, 0.15) is 41.2 Å². The second kappa shape index (κ2) is 10.6. The number of Topliss-reactive ketones (excluding diaryl/α,β-unsaturated/α-hetero) is 1. The largest absolute Gasteiger partial charge is 0.481 e. The van der Waals surface area contributed by atoms with E-state index in [1.807, 2.05) is 13.8 Å². The monoisotopic (exact) mass is 421 g/mol. The fourth-order valence-electron chi connectivity index (χ4n) is 2.61. The number of ether oxygens (including phenoxy) is 2. The minimum absolute atomic E-state index is 0.00597. The number of pyridine rings is 2. The average molecular weight is 421 g/mol. The van der Waals surface area contributed by atoms with Crippen molar-refractivity contribution in [3.63, 3.8) is 0 Å². The Morgan fingerprint density at radius 1 is 1.17 bits per heavy atom. The van der Waals surface area contributed by atoms with Crippen LogP contribution in [0.5, 0.6) is 11.8 Å². The predicted molar refractivity (Wildman–Crippen MR) is 106 cm³/mol. The van der Waals surface area contributed by atoms with Gasteiger partial charge in [-0.25, -0.2) is 8.78 Å². The Hall–Kier alpha value is -3.10. The summed E-state index contributed by atoms with van der Waals surface area (Å²) in [7, 11) is 1.38. The Bertz CT molecular complexity index is 904. The molecule has 2 rings (SSSR count). The molecule has 0 radical (unpaired) electrons. The highest BCUT2D eigenvalue weighted by atomic mass is 19.3. The maximum Gasteiger partial charge on any atom is 0.272 e. The molecule has 30 heavy (non-hydrogen) atoms. The van der Waals surface area contributed by atoms with Crippen molar-refractivity contribution in [1.82, 2.24) is 15.3 Å². The lowest BCUT2D eigenvalue weighted by molar-refractivity contribution is -0.121. The predicted octanol–water partition coefficient (Wildman–Crippen LogP) is 3.14. The van der Waals surface area contributed by atoms with E-state index in [4.69, 9.17) is 9.47 Å². The number of rotatable bonds is 10. The highest BCUT2D eigenvalue weighted by Gasteiger charge is 2.15. The highest BCUT2D eigenvalue weighted by molar-refractivity contribution is 5.94. The third kappa shape index (κ3) is 6.75. The molecule has 0 bridgehead atoms. The molecule has 0 aliphatic heterocycles. The SMILES string of the molecule is COc1nc(OCC(F)F)ccc1CNC(=O)c1cc(C)nc(CC(=O)C(C)C)c1. The number of alkyl halides is 2. The maximum absolute atomic E-state index is 12.6. The van der Waals surface area contributed by atoms with Gasteiger partial charge >= 0.3 is 0 Å². The van der Waals surface area contributed by atoms with Crippen LogP contribution >= 0.6 is 0 Å². The number of hydrogen-bond donors (Lipinski definition) is 1. The minimum Gasteiger partial charge on any atom is -0.481 e. The third-order valence-corrected chi connectivity index (χ3v) is 4.17. The first kappa shape index (κ1) is 23.2. The van der Waals surface area contributed by atoms with Gasteiger partial charge in [0, 0.05) is 47.5 Å². The summed E-state index contributed by atoms with van der Waals surface area (Å²) in [5.41, 5.74) is 2.11. The molecule has 0 unspecified atom stereocenters. The minimum atomic E-state index is -2.61. The second-order valence-electron chi connectivity index (χ2n) is 6.99. The third-order valence-electron chi connectivity index (χ3n) is 4.17. The summed E-state index contributed by atoms with van der Waals surface area (Å²) < 4.78 is 34.6. The Kier molecular flexibility index (Phi) is 8.20. The molecule has 9 heteroatoms. The Morgan fingerprint density at radius 2 is 1.90 bits per heavy atom. The van der Waals surface area contributed by atoms with Gasteiger partial charge in [-0.05, 0) is 25.1 Å². The van der Waals surface area contributed by atoms with E-state index in [2.05, 4.69) is 15.3 Å². The Labute approximate surface area is 173 Å². The molecular weight excluding hydrogens is 396 g/mol. The average Bonchev–Trinajstić information content (AvgIpc) is 2.70. The molecule has 7 nitrogen and oxygen atoms in total. The fourth-order valence-corrected chi connectivity index (χ4v) is 2.61. The molecule has 0 saturated carbocycles. The molecule has 1 amide bonds. The van der Waals surface area contributed by atoms with Crippen LogP contribution in [0.4, 0.5) is 8.78 Å². The van der Waals surface area contributed by atoms with Crippen molar-refractivity contribution in [3.8, 4) is 11.8 Å². The number of nitrogens with one attached hydrogen (secondary N) is 1. The van der Waals surface area contributed by atoms with Crippen LogP contribution in [0.2, 0.25) is 0 Å². The zero-order valence-electron chi connectivity index (χ0n) is 17.4. The molecule has 2 heterocycles. The van der Waals surface area contributed by atoms with Crippen LogP contribution in [0, 0.1) is 12.8 Å². The molecule has 0 aliphatic rings. The van der Waals surface area contributed by atoms with Gasteiger partial charge in [-0.2, -0.15) is 4.98 Å². The van der Waals surface area contributed by atoms with E-state index >= 15 is 0 Å². The number of amides is 1. The van der Waals surface area contributed by atoms with Gasteiger partial charge in [-0.3, -0.25) is 14.6 Å². The lowest BCUT2D eigenvalue weighted by Gasteiger charge is -2.12. The Morgan fingerprint density at radius 3 is 2.53 bits per heavy atom. The van der Waals surface area contributed by atoms with Crippen LogP contribution in [-0.4, -0.2) is 41.8 Å². The number of halogens is 2. The van der Waals surface area contributed by atoms with E-state index in [0.717, 1.165) is 0 Å². The molecule has 1 N–H and O–H groups in total. The van der Waals surface area contributed by atoms with Crippen molar-refractivity contribution in [2.45, 2.75) is 40.2 Å². The fraction of sp³-hybridized carbons (Fsp3) is 0.429. The van der Waals surface area contributed by atoms with Gasteiger partial charge in [-0.15, -0.1) is 0 Å². The summed E-state index contributed by atoms with van der Waals surface area (Å²) in [6, 6.07) is 6.24. The molecular formula is C21H25F2N3O4. The van der Waals surface area contributed by atoms with E-state index in [0.29, 0.717) is 22.5 Å². The van der Waals surface area contributed by atoms with Gasteiger partial charge in [-0.1, -0.05) is 13.8 Å². The molecule has 0 aliphatic carbocycles. The van der Waals surface area contributed by atoms with Gasteiger partial charge < -0.3 is 14.8 Å². The van der Waals surface area contributed by atoms with Crippen molar-refractivity contribution in [2.24, 2.45) is 5.92 Å². The number of carbonyl (C=O) groups is 2. The lowest BCUT2D eigenvalue weighted by Crippen LogP contribution is -2.24. The van der Waals surface area contributed by atoms with Crippen LogP contribution in [0.25, 0.3) is 0 Å². The number of aromatic nitrogens is 2. The van der Waals surface area contributed by atoms with E-state index < -0.39 is 13.0 Å². The Balaban J connectivity index is 2.08. The van der Waals surface area contributed by atoms with Gasteiger partial charge in [0.15, 0.2) is 6.61 Å². The summed E-state index contributed by atoms with van der Waals surface area (Å²) in [5, 5.41) is 2.76. The normalized spacial score (nSPS) is 10.9. The number of ketones is 1. The summed E-state index contributed by atoms with van der Waals surface area (Å²) in [6.45, 7) is 4.72. The zero-order valence-corrected chi connectivity index (χ0v) is 17.4. The molecule has 0 spiro atoms. The van der Waals surface area contributed by atoms with Crippen LogP contribution < -0.4 is 14.8 Å². The highest BCUT2D eigenvalue weighted by Crippen LogP contribution is 2.20. The van der Waals surface area contributed by atoms with E-state index in [9.17, 15) is 18.4 Å². The van der Waals surface area contributed by atoms with Gasteiger partial charge in [0.25, 0.3) is 12.3 Å². The zero-order chi connectivity index (χ0) is 22.3. The lowest BCUT2D eigenvalue weighted by atomic mass is 10.0. The molecule has 0 atom stereocenters. The maximum atomic E-state index is 12.6. The van der Waals surface area contributed by atoms with Crippen molar-refractivity contribution in [3.05, 3.63) is 46.8 Å². The quantitative estimate of drug-likeness (QED) is 0.634. The van der Waals surface area contributed by atoms with Crippen LogP contribution in [-0.2, 0) is 17.8 Å². The van der Waals surface area contributed by atoms with E-state index in [-0.39, 0.29) is 42.3 Å². The van der Waals surface area contributed by atoms with Crippen molar-refractivity contribution in [2.75, 3.05) is 13.7 Å². The summed E-state index contributed by atoms with van der Waals surface area (Å²) >= 11 is 0. The molecule has 0 saturated heterocycles. The van der Waals surface area contributed by atoms with Crippen LogP contribution in [0.15, 0.2) is 24.3 Å². The van der Waals surface area contributed by atoms with Gasteiger partial charge in [0.1, 0.15) is 5.78 Å². The summed E-state index contributed by atoms with van der Waals surface area (Å²) in [6.07, 6.45) is -2.45. The topological polar surface area (TPSA) is 90.4 Å². The summed E-state index contributed by atoms with van der Waals surface area (Å²) in [4.78, 5) is 32.9. The first-order valence-electron chi connectivity index (χ1n) is 9.43. The molecule has 162 valence electrons. The van der Waals surface area contributed by atoms with E-state index in [1.165, 1.54) is 13.2 Å².